The molecule has 0 bridgehead atoms. The number of rotatable bonds is 8. The lowest BCUT2D eigenvalue weighted by Crippen LogP contribution is -2.30. The van der Waals surface area contributed by atoms with E-state index in [1.54, 1.807) is 0 Å². The van der Waals surface area contributed by atoms with Crippen molar-refractivity contribution in [3.8, 4) is 0 Å². The summed E-state index contributed by atoms with van der Waals surface area (Å²) in [6, 6.07) is 0.188. The Morgan fingerprint density at radius 2 is 2.19 bits per heavy atom. The molecule has 0 spiro atoms. The van der Waals surface area contributed by atoms with E-state index in [2.05, 4.69) is 28.8 Å². The second-order valence-corrected chi connectivity index (χ2v) is 4.19. The molecule has 0 aromatic carbocycles. The summed E-state index contributed by atoms with van der Waals surface area (Å²) >= 11 is 0. The first-order valence-corrected chi connectivity index (χ1v) is 6.30. The molecule has 0 fully saturated rings. The number of hydrazine groups is 1. The second-order valence-electron chi connectivity index (χ2n) is 4.19. The standard InChI is InChI=1S/C12H24N4/c1-3-5-6-7-11(15-13)12-14-8-10-16(12)9-4-2/h8,10-11,15H,3-7,9,13H2,1-2H3. The Hall–Kier alpha value is -0.870. The Morgan fingerprint density at radius 3 is 2.81 bits per heavy atom. The van der Waals surface area contributed by atoms with Crippen LogP contribution in [0.1, 0.15) is 57.8 Å². The normalized spacial score (nSPS) is 12.9. The predicted octanol–water partition coefficient (Wildman–Crippen LogP) is 2.38. The van der Waals surface area contributed by atoms with Gasteiger partial charge in [-0.2, -0.15) is 0 Å². The zero-order valence-electron chi connectivity index (χ0n) is 10.4. The molecule has 1 aromatic heterocycles. The minimum atomic E-state index is 0.188. The summed E-state index contributed by atoms with van der Waals surface area (Å²) in [6.07, 6.45) is 9.76. The van der Waals surface area contributed by atoms with Gasteiger partial charge in [0.1, 0.15) is 5.82 Å². The third kappa shape index (κ3) is 3.61. The fourth-order valence-corrected chi connectivity index (χ4v) is 1.95. The van der Waals surface area contributed by atoms with Crippen LogP contribution in [0, 0.1) is 0 Å². The number of hydrogen-bond donors (Lipinski definition) is 2. The largest absolute Gasteiger partial charge is 0.334 e. The van der Waals surface area contributed by atoms with E-state index in [0.717, 1.165) is 25.2 Å². The molecule has 0 saturated heterocycles. The van der Waals surface area contributed by atoms with Gasteiger partial charge in [0.25, 0.3) is 0 Å². The van der Waals surface area contributed by atoms with E-state index in [9.17, 15) is 0 Å². The van der Waals surface area contributed by atoms with Crippen molar-refractivity contribution < 1.29 is 0 Å². The van der Waals surface area contributed by atoms with E-state index in [4.69, 9.17) is 5.84 Å². The molecule has 0 aliphatic rings. The van der Waals surface area contributed by atoms with Crippen LogP contribution in [0.25, 0.3) is 0 Å². The lowest BCUT2D eigenvalue weighted by Gasteiger charge is -2.16. The molecule has 1 atom stereocenters. The van der Waals surface area contributed by atoms with E-state index in [0.29, 0.717) is 0 Å². The predicted molar refractivity (Wildman–Crippen MR) is 66.7 cm³/mol. The number of nitrogens with one attached hydrogen (secondary N) is 1. The van der Waals surface area contributed by atoms with Crippen LogP contribution >= 0.6 is 0 Å². The Bertz CT molecular complexity index is 282. The third-order valence-corrected chi connectivity index (χ3v) is 2.82. The first-order valence-electron chi connectivity index (χ1n) is 6.30. The SMILES string of the molecule is CCCCCC(NN)c1nccn1CCC. The van der Waals surface area contributed by atoms with E-state index in [-0.39, 0.29) is 6.04 Å². The number of nitrogens with two attached hydrogens (primary N) is 1. The smallest absolute Gasteiger partial charge is 0.127 e. The molecule has 16 heavy (non-hydrogen) atoms. The van der Waals surface area contributed by atoms with Gasteiger partial charge in [-0.15, -0.1) is 0 Å². The molecule has 3 N–H and O–H groups in total. The van der Waals surface area contributed by atoms with Crippen molar-refractivity contribution in [1.82, 2.24) is 15.0 Å². The molecule has 4 heteroatoms. The Balaban J connectivity index is 2.59. The molecule has 4 nitrogen and oxygen atoms in total. The zero-order valence-corrected chi connectivity index (χ0v) is 10.4. The van der Waals surface area contributed by atoms with Crippen molar-refractivity contribution in [2.24, 2.45) is 5.84 Å². The number of aromatic nitrogens is 2. The minimum absolute atomic E-state index is 0.188. The number of aryl methyl sites for hydroxylation is 1. The Kier molecular flexibility index (Phi) is 6.11. The van der Waals surface area contributed by atoms with Crippen molar-refractivity contribution in [2.75, 3.05) is 0 Å². The molecule has 0 aliphatic carbocycles. The fourth-order valence-electron chi connectivity index (χ4n) is 1.95. The maximum absolute atomic E-state index is 5.61. The van der Waals surface area contributed by atoms with Crippen LogP contribution in [-0.2, 0) is 6.54 Å². The zero-order chi connectivity index (χ0) is 11.8. The van der Waals surface area contributed by atoms with Gasteiger partial charge < -0.3 is 4.57 Å². The van der Waals surface area contributed by atoms with Crippen molar-refractivity contribution in [3.63, 3.8) is 0 Å². The average Bonchev–Trinajstić information content (AvgIpc) is 2.73. The van der Waals surface area contributed by atoms with Gasteiger partial charge in [0.15, 0.2) is 0 Å². The minimum Gasteiger partial charge on any atom is -0.334 e. The summed E-state index contributed by atoms with van der Waals surface area (Å²) in [4.78, 5) is 4.41. The van der Waals surface area contributed by atoms with Crippen LogP contribution in [0.4, 0.5) is 0 Å². The van der Waals surface area contributed by atoms with E-state index < -0.39 is 0 Å². The van der Waals surface area contributed by atoms with Crippen LogP contribution in [0.15, 0.2) is 12.4 Å². The van der Waals surface area contributed by atoms with Gasteiger partial charge >= 0.3 is 0 Å². The lowest BCUT2D eigenvalue weighted by molar-refractivity contribution is 0.444. The second kappa shape index (κ2) is 7.41. The molecule has 92 valence electrons. The summed E-state index contributed by atoms with van der Waals surface area (Å²) in [5.41, 5.74) is 2.88. The van der Waals surface area contributed by atoms with Crippen LogP contribution in [0.2, 0.25) is 0 Å². The van der Waals surface area contributed by atoms with Gasteiger partial charge in [0, 0.05) is 18.9 Å². The summed E-state index contributed by atoms with van der Waals surface area (Å²) < 4.78 is 2.19. The highest BCUT2D eigenvalue weighted by molar-refractivity contribution is 4.99. The fraction of sp³-hybridized carbons (Fsp3) is 0.750. The summed E-state index contributed by atoms with van der Waals surface area (Å²) in [5.74, 6) is 6.68. The van der Waals surface area contributed by atoms with Gasteiger partial charge in [-0.25, -0.2) is 10.4 Å². The molecule has 0 aliphatic heterocycles. The van der Waals surface area contributed by atoms with Gasteiger partial charge in [0.2, 0.25) is 0 Å². The highest BCUT2D eigenvalue weighted by Crippen LogP contribution is 2.17. The highest BCUT2D eigenvalue weighted by Gasteiger charge is 2.14. The molecule has 0 radical (unpaired) electrons. The number of unbranched alkanes of at least 4 members (excludes halogenated alkanes) is 2. The van der Waals surface area contributed by atoms with Crippen LogP contribution in [0.5, 0.6) is 0 Å². The molecule has 0 saturated carbocycles. The van der Waals surface area contributed by atoms with Gasteiger partial charge in [-0.1, -0.05) is 33.1 Å². The van der Waals surface area contributed by atoms with Gasteiger partial charge in [-0.05, 0) is 12.8 Å². The van der Waals surface area contributed by atoms with Crippen LogP contribution in [0.3, 0.4) is 0 Å². The molecule has 1 aromatic rings. The molecular formula is C12H24N4. The maximum Gasteiger partial charge on any atom is 0.127 e. The van der Waals surface area contributed by atoms with E-state index >= 15 is 0 Å². The van der Waals surface area contributed by atoms with Gasteiger partial charge in [-0.3, -0.25) is 5.84 Å². The van der Waals surface area contributed by atoms with Crippen molar-refractivity contribution >= 4 is 0 Å². The Morgan fingerprint density at radius 1 is 1.38 bits per heavy atom. The molecule has 0 amide bonds. The number of hydrogen-bond acceptors (Lipinski definition) is 3. The van der Waals surface area contributed by atoms with Crippen LogP contribution < -0.4 is 11.3 Å². The first kappa shape index (κ1) is 13.2. The first-order chi connectivity index (χ1) is 7.83. The average molecular weight is 224 g/mol. The number of nitrogens with zero attached hydrogens (tertiary/aromatic N) is 2. The van der Waals surface area contributed by atoms with Gasteiger partial charge in [0.05, 0.1) is 6.04 Å². The molecule has 1 heterocycles. The van der Waals surface area contributed by atoms with Crippen molar-refractivity contribution in [2.45, 2.75) is 58.5 Å². The summed E-state index contributed by atoms with van der Waals surface area (Å²) in [6.45, 7) is 5.40. The van der Waals surface area contributed by atoms with Crippen LogP contribution in [-0.4, -0.2) is 9.55 Å². The third-order valence-electron chi connectivity index (χ3n) is 2.82. The summed E-state index contributed by atoms with van der Waals surface area (Å²) in [5, 5.41) is 0. The molecule has 1 unspecified atom stereocenters. The Labute approximate surface area is 98.2 Å². The van der Waals surface area contributed by atoms with Crippen molar-refractivity contribution in [1.29, 1.82) is 0 Å². The number of imidazole rings is 1. The molecule has 1 rings (SSSR count). The quantitative estimate of drug-likeness (QED) is 0.405. The highest BCUT2D eigenvalue weighted by atomic mass is 15.3. The maximum atomic E-state index is 5.61. The summed E-state index contributed by atoms with van der Waals surface area (Å²) in [7, 11) is 0. The topological polar surface area (TPSA) is 55.9 Å². The monoisotopic (exact) mass is 224 g/mol. The molecular weight excluding hydrogens is 200 g/mol. The van der Waals surface area contributed by atoms with E-state index in [1.807, 2.05) is 12.4 Å². The lowest BCUT2D eigenvalue weighted by atomic mass is 10.1. The van der Waals surface area contributed by atoms with E-state index in [1.165, 1.54) is 19.3 Å². The van der Waals surface area contributed by atoms with Crippen molar-refractivity contribution in [3.05, 3.63) is 18.2 Å².